The van der Waals surface area contributed by atoms with E-state index in [0.29, 0.717) is 6.42 Å². The minimum absolute atomic E-state index is 0.218. The van der Waals surface area contributed by atoms with Gasteiger partial charge in [-0.2, -0.15) is 0 Å². The van der Waals surface area contributed by atoms with E-state index in [9.17, 15) is 14.2 Å². The van der Waals surface area contributed by atoms with Crippen LogP contribution in [0.3, 0.4) is 0 Å². The number of unbranched alkanes of at least 4 members (excludes halogenated alkanes) is 16. The summed E-state index contributed by atoms with van der Waals surface area (Å²) >= 11 is 0. The van der Waals surface area contributed by atoms with Gasteiger partial charge in [-0.3, -0.25) is 14.1 Å². The van der Waals surface area contributed by atoms with E-state index in [1.807, 2.05) is 0 Å². The monoisotopic (exact) mass is 536 g/mol. The summed E-state index contributed by atoms with van der Waals surface area (Å²) in [6.07, 6.45) is 20.3. The van der Waals surface area contributed by atoms with E-state index in [1.54, 1.807) is 0 Å². The second-order valence-electron chi connectivity index (χ2n) is 9.74. The quantitative estimate of drug-likeness (QED) is 0.0667. The third kappa shape index (κ3) is 26.1. The molecule has 0 aromatic heterocycles. The molecule has 1 unspecified atom stereocenters. The van der Waals surface area contributed by atoms with Gasteiger partial charge in [-0.15, -0.1) is 0 Å². The van der Waals surface area contributed by atoms with E-state index in [1.165, 1.54) is 70.6 Å². The average Bonchev–Trinajstić information content (AvgIpc) is 2.83. The highest BCUT2D eigenvalue weighted by Crippen LogP contribution is 2.35. The van der Waals surface area contributed by atoms with Crippen molar-refractivity contribution in [1.82, 2.24) is 0 Å². The van der Waals surface area contributed by atoms with Crippen molar-refractivity contribution in [1.29, 1.82) is 0 Å². The summed E-state index contributed by atoms with van der Waals surface area (Å²) in [5, 5.41) is 0. The van der Waals surface area contributed by atoms with E-state index in [2.05, 4.69) is 18.4 Å². The van der Waals surface area contributed by atoms with Crippen molar-refractivity contribution in [2.24, 2.45) is 0 Å². The largest absolute Gasteiger partial charge is 0.469 e. The Morgan fingerprint density at radius 2 is 1.00 bits per heavy atom. The van der Waals surface area contributed by atoms with Gasteiger partial charge in [-0.1, -0.05) is 117 Å². The molecule has 0 spiro atoms. The molecule has 0 saturated heterocycles. The summed E-state index contributed by atoms with van der Waals surface area (Å²) < 4.78 is 25.9. The van der Waals surface area contributed by atoms with Crippen LogP contribution in [-0.2, 0) is 28.2 Å². The molecule has 9 heteroatoms. The molecule has 0 bridgehead atoms. The van der Waals surface area contributed by atoms with Gasteiger partial charge in [0.1, 0.15) is 6.61 Å². The van der Waals surface area contributed by atoms with Gasteiger partial charge in [0.25, 0.3) is 0 Å². The summed E-state index contributed by atoms with van der Waals surface area (Å²) in [4.78, 5) is 41.9. The Labute approximate surface area is 219 Å². The first-order valence-corrected chi connectivity index (χ1v) is 15.9. The maximum atomic E-state index is 12.2. The minimum atomic E-state index is -4.72. The highest BCUT2D eigenvalue weighted by atomic mass is 31.2. The molecule has 0 radical (unpaired) electrons. The SMILES string of the molecule is CCCCCCCCCCCCCCCCC(=O)OC(COC(=O)CCCCCC)COP(=O)(O)O. The highest BCUT2D eigenvalue weighted by molar-refractivity contribution is 7.46. The van der Waals surface area contributed by atoms with Gasteiger partial charge in [0, 0.05) is 12.8 Å². The Balaban J connectivity index is 3.94. The predicted molar refractivity (Wildman–Crippen MR) is 143 cm³/mol. The molecule has 0 heterocycles. The first-order valence-electron chi connectivity index (χ1n) is 14.3. The second kappa shape index (κ2) is 24.4. The van der Waals surface area contributed by atoms with E-state index in [-0.39, 0.29) is 19.4 Å². The van der Waals surface area contributed by atoms with Crippen LogP contribution in [0.25, 0.3) is 0 Å². The molecule has 1 atom stereocenters. The molecule has 214 valence electrons. The average molecular weight is 537 g/mol. The Hall–Kier alpha value is -0.950. The number of phosphoric ester groups is 1. The molecular weight excluding hydrogens is 483 g/mol. The predicted octanol–water partition coefficient (Wildman–Crippen LogP) is 7.39. The van der Waals surface area contributed by atoms with Gasteiger partial charge in [-0.25, -0.2) is 4.57 Å². The van der Waals surface area contributed by atoms with Gasteiger partial charge in [0.15, 0.2) is 6.10 Å². The lowest BCUT2D eigenvalue weighted by Crippen LogP contribution is -2.29. The molecule has 0 aliphatic rings. The van der Waals surface area contributed by atoms with Crippen molar-refractivity contribution in [3.63, 3.8) is 0 Å². The first kappa shape index (κ1) is 35.0. The zero-order chi connectivity index (χ0) is 26.9. The Bertz CT molecular complexity index is 578. The number of phosphoric acid groups is 1. The summed E-state index contributed by atoms with van der Waals surface area (Å²) in [6, 6.07) is 0. The van der Waals surface area contributed by atoms with Crippen LogP contribution < -0.4 is 0 Å². The molecule has 0 amide bonds. The van der Waals surface area contributed by atoms with Crippen LogP contribution in [0.2, 0.25) is 0 Å². The maximum absolute atomic E-state index is 12.2. The molecule has 0 aromatic carbocycles. The van der Waals surface area contributed by atoms with Crippen LogP contribution in [0.4, 0.5) is 0 Å². The maximum Gasteiger partial charge on any atom is 0.469 e. The lowest BCUT2D eigenvalue weighted by molar-refractivity contribution is -0.161. The topological polar surface area (TPSA) is 119 Å². The van der Waals surface area contributed by atoms with E-state index in [4.69, 9.17) is 19.3 Å². The van der Waals surface area contributed by atoms with Crippen molar-refractivity contribution in [2.75, 3.05) is 13.2 Å². The smallest absolute Gasteiger partial charge is 0.462 e. The zero-order valence-electron chi connectivity index (χ0n) is 22.9. The Kier molecular flexibility index (Phi) is 23.7. The number of carbonyl (C=O) groups excluding carboxylic acids is 2. The van der Waals surface area contributed by atoms with Crippen LogP contribution >= 0.6 is 7.82 Å². The molecule has 0 aliphatic heterocycles. The minimum Gasteiger partial charge on any atom is -0.462 e. The number of hydrogen-bond donors (Lipinski definition) is 2. The molecule has 0 saturated carbocycles. The van der Waals surface area contributed by atoms with Crippen molar-refractivity contribution < 1.29 is 37.9 Å². The van der Waals surface area contributed by atoms with Crippen LogP contribution in [0.5, 0.6) is 0 Å². The summed E-state index contributed by atoms with van der Waals surface area (Å²) in [5.41, 5.74) is 0. The summed E-state index contributed by atoms with van der Waals surface area (Å²) in [5.74, 6) is -0.900. The number of ether oxygens (including phenoxy) is 2. The highest BCUT2D eigenvalue weighted by Gasteiger charge is 2.22. The molecule has 0 aliphatic carbocycles. The fraction of sp³-hybridized carbons (Fsp3) is 0.926. The number of hydrogen-bond acceptors (Lipinski definition) is 6. The van der Waals surface area contributed by atoms with Crippen molar-refractivity contribution in [3.8, 4) is 0 Å². The first-order chi connectivity index (χ1) is 17.3. The third-order valence-corrected chi connectivity index (χ3v) is 6.61. The molecular formula is C27H53O8P. The normalized spacial score (nSPS) is 12.4. The Morgan fingerprint density at radius 3 is 1.44 bits per heavy atom. The standard InChI is InChI=1S/C27H53O8P/c1-3-5-7-9-10-11-12-13-14-15-16-17-18-20-22-27(29)35-25(24-34-36(30,31)32)23-33-26(28)21-19-8-6-4-2/h25H,3-24H2,1-2H3,(H2,30,31,32). The molecule has 0 aromatic rings. The van der Waals surface area contributed by atoms with Crippen molar-refractivity contribution in [2.45, 2.75) is 148 Å². The van der Waals surface area contributed by atoms with Gasteiger partial charge in [-0.05, 0) is 12.8 Å². The molecule has 8 nitrogen and oxygen atoms in total. The molecule has 0 rings (SSSR count). The van der Waals surface area contributed by atoms with Crippen LogP contribution in [0, 0.1) is 0 Å². The lowest BCUT2D eigenvalue weighted by Gasteiger charge is -2.18. The fourth-order valence-corrected chi connectivity index (χ4v) is 4.32. The molecule has 2 N–H and O–H groups in total. The number of esters is 2. The Morgan fingerprint density at radius 1 is 0.611 bits per heavy atom. The van der Waals surface area contributed by atoms with Gasteiger partial charge >= 0.3 is 19.8 Å². The van der Waals surface area contributed by atoms with Crippen molar-refractivity contribution >= 4 is 19.8 Å². The number of carbonyl (C=O) groups is 2. The molecule has 36 heavy (non-hydrogen) atoms. The molecule has 0 fully saturated rings. The van der Waals surface area contributed by atoms with Crippen LogP contribution in [0.15, 0.2) is 0 Å². The number of rotatable bonds is 26. The lowest BCUT2D eigenvalue weighted by atomic mass is 10.0. The fourth-order valence-electron chi connectivity index (χ4n) is 3.96. The zero-order valence-corrected chi connectivity index (χ0v) is 23.8. The van der Waals surface area contributed by atoms with Crippen LogP contribution in [-0.4, -0.2) is 41.0 Å². The van der Waals surface area contributed by atoms with Gasteiger partial charge in [0.05, 0.1) is 6.61 Å². The summed E-state index contributed by atoms with van der Waals surface area (Å²) in [7, 11) is -4.72. The van der Waals surface area contributed by atoms with Gasteiger partial charge in [0.2, 0.25) is 0 Å². The van der Waals surface area contributed by atoms with Crippen LogP contribution in [0.1, 0.15) is 142 Å². The van der Waals surface area contributed by atoms with E-state index >= 15 is 0 Å². The third-order valence-electron chi connectivity index (χ3n) is 6.13. The summed E-state index contributed by atoms with van der Waals surface area (Å²) in [6.45, 7) is 3.51. The van der Waals surface area contributed by atoms with E-state index < -0.39 is 32.5 Å². The second-order valence-corrected chi connectivity index (χ2v) is 11.0. The van der Waals surface area contributed by atoms with Gasteiger partial charge < -0.3 is 19.3 Å². The van der Waals surface area contributed by atoms with E-state index in [0.717, 1.165) is 38.5 Å². The van der Waals surface area contributed by atoms with Crippen molar-refractivity contribution in [3.05, 3.63) is 0 Å².